The van der Waals surface area contributed by atoms with Gasteiger partial charge in [0.1, 0.15) is 5.69 Å². The molecular weight excluding hydrogens is 290 g/mol. The molecule has 5 heteroatoms. The Bertz CT molecular complexity index is 622. The summed E-state index contributed by atoms with van der Waals surface area (Å²) >= 11 is 0. The number of benzene rings is 1. The van der Waals surface area contributed by atoms with Crippen LogP contribution in [0.3, 0.4) is 0 Å². The molecule has 5 nitrogen and oxygen atoms in total. The fourth-order valence-electron chi connectivity index (χ4n) is 2.58. The minimum absolute atomic E-state index is 0.130. The number of hydrogen-bond acceptors (Lipinski definition) is 4. The quantitative estimate of drug-likeness (QED) is 0.916. The van der Waals surface area contributed by atoms with Crippen LogP contribution < -0.4 is 10.2 Å². The number of nitrogens with one attached hydrogen (secondary N) is 1. The molecule has 2 aromatic rings. The molecule has 0 unspecified atom stereocenters. The molecule has 120 valence electrons. The molecule has 23 heavy (non-hydrogen) atoms. The Morgan fingerprint density at radius 3 is 2.61 bits per heavy atom. The minimum Gasteiger partial charge on any atom is -0.378 e. The van der Waals surface area contributed by atoms with Crippen LogP contribution in [0, 0.1) is 0 Å². The minimum atomic E-state index is -0.130. The van der Waals surface area contributed by atoms with Crippen LogP contribution in [0.1, 0.15) is 16.1 Å². The smallest absolute Gasteiger partial charge is 0.269 e. The van der Waals surface area contributed by atoms with Gasteiger partial charge in [-0.3, -0.25) is 4.79 Å². The van der Waals surface area contributed by atoms with Gasteiger partial charge in [0.2, 0.25) is 0 Å². The number of morpholine rings is 1. The van der Waals surface area contributed by atoms with Crippen molar-refractivity contribution < 1.29 is 9.53 Å². The van der Waals surface area contributed by atoms with Gasteiger partial charge in [0.25, 0.3) is 5.91 Å². The maximum Gasteiger partial charge on any atom is 0.269 e. The number of ether oxygens (including phenoxy) is 1. The zero-order valence-corrected chi connectivity index (χ0v) is 13.1. The van der Waals surface area contributed by atoms with Crippen LogP contribution in [0.4, 0.5) is 5.69 Å². The standard InChI is InChI=1S/C18H21N3O2/c22-18(19-9-8-15-4-2-1-3-5-15)17-7-6-16(14-20-17)21-10-12-23-13-11-21/h1-7,14H,8-13H2,(H,19,22). The van der Waals surface area contributed by atoms with Gasteiger partial charge < -0.3 is 15.0 Å². The molecule has 1 saturated heterocycles. The van der Waals surface area contributed by atoms with Gasteiger partial charge in [0.15, 0.2) is 0 Å². The van der Waals surface area contributed by atoms with Crippen molar-refractivity contribution >= 4 is 11.6 Å². The van der Waals surface area contributed by atoms with Gasteiger partial charge in [-0.25, -0.2) is 4.98 Å². The highest BCUT2D eigenvalue weighted by Gasteiger charge is 2.12. The van der Waals surface area contributed by atoms with E-state index in [4.69, 9.17) is 4.74 Å². The first-order valence-electron chi connectivity index (χ1n) is 7.94. The molecule has 2 heterocycles. The van der Waals surface area contributed by atoms with E-state index in [1.165, 1.54) is 5.56 Å². The normalized spacial score (nSPS) is 14.5. The van der Waals surface area contributed by atoms with Gasteiger partial charge >= 0.3 is 0 Å². The third kappa shape index (κ3) is 4.29. The lowest BCUT2D eigenvalue weighted by Crippen LogP contribution is -2.36. The van der Waals surface area contributed by atoms with Crippen molar-refractivity contribution in [2.75, 3.05) is 37.7 Å². The van der Waals surface area contributed by atoms with E-state index in [0.717, 1.165) is 38.4 Å². The van der Waals surface area contributed by atoms with E-state index in [1.807, 2.05) is 24.3 Å². The molecule has 1 aromatic carbocycles. The van der Waals surface area contributed by atoms with E-state index in [2.05, 4.69) is 27.3 Å². The van der Waals surface area contributed by atoms with Gasteiger partial charge in [-0.1, -0.05) is 30.3 Å². The van der Waals surface area contributed by atoms with Crippen LogP contribution in [0.15, 0.2) is 48.7 Å². The molecule has 1 aliphatic heterocycles. The topological polar surface area (TPSA) is 54.5 Å². The van der Waals surface area contributed by atoms with Crippen molar-refractivity contribution in [3.05, 3.63) is 59.9 Å². The van der Waals surface area contributed by atoms with Crippen molar-refractivity contribution in [3.63, 3.8) is 0 Å². The van der Waals surface area contributed by atoms with Gasteiger partial charge in [-0.05, 0) is 24.1 Å². The highest BCUT2D eigenvalue weighted by Crippen LogP contribution is 2.14. The van der Waals surface area contributed by atoms with E-state index in [9.17, 15) is 4.79 Å². The summed E-state index contributed by atoms with van der Waals surface area (Å²) in [6, 6.07) is 13.8. The first kappa shape index (κ1) is 15.5. The number of aromatic nitrogens is 1. The van der Waals surface area contributed by atoms with E-state index < -0.39 is 0 Å². The average molecular weight is 311 g/mol. The maximum absolute atomic E-state index is 12.1. The second kappa shape index (κ2) is 7.74. The van der Waals surface area contributed by atoms with E-state index in [1.54, 1.807) is 12.3 Å². The zero-order chi connectivity index (χ0) is 15.9. The average Bonchev–Trinajstić information content (AvgIpc) is 2.63. The van der Waals surface area contributed by atoms with Gasteiger partial charge in [-0.2, -0.15) is 0 Å². The van der Waals surface area contributed by atoms with E-state index in [-0.39, 0.29) is 5.91 Å². The second-order valence-corrected chi connectivity index (χ2v) is 5.49. The summed E-state index contributed by atoms with van der Waals surface area (Å²) in [6.45, 7) is 3.81. The molecule has 0 aliphatic carbocycles. The zero-order valence-electron chi connectivity index (χ0n) is 13.1. The third-order valence-corrected chi connectivity index (χ3v) is 3.90. The number of amides is 1. The first-order chi connectivity index (χ1) is 11.3. The van der Waals surface area contributed by atoms with Crippen LogP contribution in [0.5, 0.6) is 0 Å². The Labute approximate surface area is 136 Å². The summed E-state index contributed by atoms with van der Waals surface area (Å²) in [5.41, 5.74) is 2.70. The summed E-state index contributed by atoms with van der Waals surface area (Å²) in [4.78, 5) is 18.6. The van der Waals surface area contributed by atoms with Crippen molar-refractivity contribution in [1.29, 1.82) is 0 Å². The summed E-state index contributed by atoms with van der Waals surface area (Å²) < 4.78 is 5.34. The number of rotatable bonds is 5. The number of nitrogens with zero attached hydrogens (tertiary/aromatic N) is 2. The van der Waals surface area contributed by atoms with Crippen LogP contribution in [-0.2, 0) is 11.2 Å². The Kier molecular flexibility index (Phi) is 5.21. The van der Waals surface area contributed by atoms with E-state index >= 15 is 0 Å². The largest absolute Gasteiger partial charge is 0.378 e. The van der Waals surface area contributed by atoms with Crippen molar-refractivity contribution in [1.82, 2.24) is 10.3 Å². The first-order valence-corrected chi connectivity index (χ1v) is 7.94. The van der Waals surface area contributed by atoms with Gasteiger partial charge in [-0.15, -0.1) is 0 Å². The lowest BCUT2D eigenvalue weighted by molar-refractivity contribution is 0.0949. The van der Waals surface area contributed by atoms with Crippen molar-refractivity contribution in [2.24, 2.45) is 0 Å². The number of hydrogen-bond donors (Lipinski definition) is 1. The molecule has 1 N–H and O–H groups in total. The number of carbonyl (C=O) groups excluding carboxylic acids is 1. The number of anilines is 1. The molecule has 0 spiro atoms. The molecule has 1 fully saturated rings. The molecule has 0 radical (unpaired) electrons. The van der Waals surface area contributed by atoms with Crippen molar-refractivity contribution in [2.45, 2.75) is 6.42 Å². The Morgan fingerprint density at radius 2 is 1.91 bits per heavy atom. The number of carbonyl (C=O) groups is 1. The lowest BCUT2D eigenvalue weighted by atomic mass is 10.1. The molecule has 0 atom stereocenters. The molecule has 0 saturated carbocycles. The molecule has 3 rings (SSSR count). The molecule has 1 amide bonds. The Morgan fingerprint density at radius 1 is 1.13 bits per heavy atom. The highest BCUT2D eigenvalue weighted by atomic mass is 16.5. The van der Waals surface area contributed by atoms with Gasteiger partial charge in [0.05, 0.1) is 25.1 Å². The molecule has 1 aromatic heterocycles. The summed E-state index contributed by atoms with van der Waals surface area (Å²) in [6.07, 6.45) is 2.58. The maximum atomic E-state index is 12.1. The fraction of sp³-hybridized carbons (Fsp3) is 0.333. The Balaban J connectivity index is 1.51. The lowest BCUT2D eigenvalue weighted by Gasteiger charge is -2.28. The summed E-state index contributed by atoms with van der Waals surface area (Å²) in [5.74, 6) is -0.130. The summed E-state index contributed by atoms with van der Waals surface area (Å²) in [5, 5.41) is 2.91. The van der Waals surface area contributed by atoms with Crippen LogP contribution in [-0.4, -0.2) is 43.7 Å². The van der Waals surface area contributed by atoms with Crippen LogP contribution >= 0.6 is 0 Å². The SMILES string of the molecule is O=C(NCCc1ccccc1)c1ccc(N2CCOCC2)cn1. The fourth-order valence-corrected chi connectivity index (χ4v) is 2.58. The second-order valence-electron chi connectivity index (χ2n) is 5.49. The van der Waals surface area contributed by atoms with Crippen molar-refractivity contribution in [3.8, 4) is 0 Å². The molecule has 1 aliphatic rings. The third-order valence-electron chi connectivity index (χ3n) is 3.90. The van der Waals surface area contributed by atoms with Crippen LogP contribution in [0.2, 0.25) is 0 Å². The molecular formula is C18H21N3O2. The molecule has 0 bridgehead atoms. The van der Waals surface area contributed by atoms with E-state index in [0.29, 0.717) is 12.2 Å². The highest BCUT2D eigenvalue weighted by molar-refractivity contribution is 5.92. The van der Waals surface area contributed by atoms with Crippen LogP contribution in [0.25, 0.3) is 0 Å². The number of pyridine rings is 1. The predicted octanol–water partition coefficient (Wildman–Crippen LogP) is 1.89. The predicted molar refractivity (Wildman–Crippen MR) is 89.7 cm³/mol. The van der Waals surface area contributed by atoms with Gasteiger partial charge in [0, 0.05) is 19.6 Å². The monoisotopic (exact) mass is 311 g/mol. The Hall–Kier alpha value is -2.40. The summed E-state index contributed by atoms with van der Waals surface area (Å²) in [7, 11) is 0.